The Bertz CT molecular complexity index is 733. The number of halogens is 1. The molecule has 0 saturated carbocycles. The molecular formula is C21H26ClNO2. The highest BCUT2D eigenvalue weighted by molar-refractivity contribution is 6.32. The maximum atomic E-state index is 12.5. The third-order valence-electron chi connectivity index (χ3n) is 4.12. The molecule has 0 unspecified atom stereocenters. The van der Waals surface area contributed by atoms with Crippen LogP contribution in [0.3, 0.4) is 0 Å². The van der Waals surface area contributed by atoms with E-state index in [2.05, 4.69) is 50.4 Å². The van der Waals surface area contributed by atoms with Gasteiger partial charge in [0, 0.05) is 5.56 Å². The van der Waals surface area contributed by atoms with Crippen LogP contribution >= 0.6 is 11.6 Å². The minimum Gasteiger partial charge on any atom is -0.492 e. The molecule has 4 heteroatoms. The lowest BCUT2D eigenvalue weighted by molar-refractivity contribution is 0.0940. The van der Waals surface area contributed by atoms with Gasteiger partial charge >= 0.3 is 0 Å². The second kappa shape index (κ2) is 7.92. The van der Waals surface area contributed by atoms with Gasteiger partial charge in [0.05, 0.1) is 17.7 Å². The van der Waals surface area contributed by atoms with Gasteiger partial charge in [-0.3, -0.25) is 4.79 Å². The number of carbonyl (C=O) groups is 1. The Balaban J connectivity index is 2.08. The quantitative estimate of drug-likeness (QED) is 0.762. The Kier molecular flexibility index (Phi) is 6.12. The summed E-state index contributed by atoms with van der Waals surface area (Å²) in [6, 6.07) is 13.4. The third-order valence-corrected chi connectivity index (χ3v) is 4.41. The van der Waals surface area contributed by atoms with Gasteiger partial charge in [0.2, 0.25) is 0 Å². The van der Waals surface area contributed by atoms with Crippen LogP contribution in [0.4, 0.5) is 0 Å². The zero-order valence-electron chi connectivity index (χ0n) is 15.5. The van der Waals surface area contributed by atoms with E-state index in [4.69, 9.17) is 16.3 Å². The molecule has 0 aromatic heterocycles. The fraction of sp³-hybridized carbons (Fsp3) is 0.381. The zero-order valence-corrected chi connectivity index (χ0v) is 16.3. The summed E-state index contributed by atoms with van der Waals surface area (Å²) in [5, 5.41) is 3.45. The average molecular weight is 360 g/mol. The Morgan fingerprint density at radius 3 is 2.32 bits per heavy atom. The molecule has 0 fully saturated rings. The van der Waals surface area contributed by atoms with Gasteiger partial charge in [-0.25, -0.2) is 0 Å². The highest BCUT2D eigenvalue weighted by Gasteiger charge is 2.16. The van der Waals surface area contributed by atoms with Crippen LogP contribution in [-0.4, -0.2) is 12.5 Å². The lowest BCUT2D eigenvalue weighted by Crippen LogP contribution is -2.26. The summed E-state index contributed by atoms with van der Waals surface area (Å²) in [5.74, 6) is 0.434. The van der Waals surface area contributed by atoms with Crippen LogP contribution in [0.5, 0.6) is 5.75 Å². The molecule has 0 saturated heterocycles. The summed E-state index contributed by atoms with van der Waals surface area (Å²) in [6.45, 7) is 10.9. The van der Waals surface area contributed by atoms with Crippen molar-refractivity contribution in [1.82, 2.24) is 5.32 Å². The first-order chi connectivity index (χ1) is 11.7. The van der Waals surface area contributed by atoms with E-state index in [1.807, 2.05) is 13.8 Å². The summed E-state index contributed by atoms with van der Waals surface area (Å²) >= 11 is 6.16. The number of hydrogen-bond donors (Lipinski definition) is 1. The Labute approximate surface area is 155 Å². The van der Waals surface area contributed by atoms with Crippen LogP contribution in [0.25, 0.3) is 0 Å². The number of hydrogen-bond acceptors (Lipinski definition) is 2. The maximum absolute atomic E-state index is 12.5. The van der Waals surface area contributed by atoms with E-state index in [9.17, 15) is 4.79 Å². The van der Waals surface area contributed by atoms with E-state index in [-0.39, 0.29) is 17.4 Å². The van der Waals surface area contributed by atoms with Crippen molar-refractivity contribution in [2.24, 2.45) is 0 Å². The topological polar surface area (TPSA) is 38.3 Å². The summed E-state index contributed by atoms with van der Waals surface area (Å²) in [4.78, 5) is 12.5. The molecule has 2 rings (SSSR count). The van der Waals surface area contributed by atoms with Gasteiger partial charge in [0.1, 0.15) is 5.75 Å². The smallest absolute Gasteiger partial charge is 0.251 e. The molecule has 0 aliphatic carbocycles. The summed E-state index contributed by atoms with van der Waals surface area (Å²) in [7, 11) is 0. The molecule has 0 radical (unpaired) electrons. The predicted octanol–water partition coefficient (Wildman–Crippen LogP) is 5.53. The molecule has 0 aliphatic rings. The van der Waals surface area contributed by atoms with Crippen molar-refractivity contribution < 1.29 is 9.53 Å². The van der Waals surface area contributed by atoms with Crippen molar-refractivity contribution in [3.05, 3.63) is 64.2 Å². The highest BCUT2D eigenvalue weighted by Crippen LogP contribution is 2.26. The Morgan fingerprint density at radius 1 is 1.16 bits per heavy atom. The van der Waals surface area contributed by atoms with E-state index in [0.29, 0.717) is 22.9 Å². The molecule has 1 amide bonds. The fourth-order valence-electron chi connectivity index (χ4n) is 2.55. The normalized spacial score (nSPS) is 12.6. The Morgan fingerprint density at radius 2 is 1.80 bits per heavy atom. The third kappa shape index (κ3) is 4.99. The molecule has 0 heterocycles. The van der Waals surface area contributed by atoms with E-state index in [0.717, 1.165) is 5.56 Å². The van der Waals surface area contributed by atoms with Crippen LogP contribution in [0.1, 0.15) is 62.1 Å². The van der Waals surface area contributed by atoms with Crippen LogP contribution in [-0.2, 0) is 5.41 Å². The van der Waals surface area contributed by atoms with Crippen molar-refractivity contribution in [3.63, 3.8) is 0 Å². The summed E-state index contributed by atoms with van der Waals surface area (Å²) in [5.41, 5.74) is 2.97. The van der Waals surface area contributed by atoms with Crippen molar-refractivity contribution >= 4 is 17.5 Å². The van der Waals surface area contributed by atoms with E-state index in [1.54, 1.807) is 18.2 Å². The molecule has 1 N–H and O–H groups in total. The number of amides is 1. The number of nitrogens with one attached hydrogen (secondary N) is 1. The zero-order chi connectivity index (χ0) is 18.6. The second-order valence-electron chi connectivity index (χ2n) is 7.15. The standard InChI is InChI=1S/C21H26ClNO2/c1-6-25-19-12-9-16(13-18(19)22)20(24)23-14(2)15-7-10-17(11-8-15)21(3,4)5/h7-14H,6H2,1-5H3,(H,23,24)/t14-/m1/s1. The maximum Gasteiger partial charge on any atom is 0.251 e. The highest BCUT2D eigenvalue weighted by atomic mass is 35.5. The van der Waals surface area contributed by atoms with Gasteiger partial charge in [-0.15, -0.1) is 0 Å². The molecule has 2 aromatic rings. The van der Waals surface area contributed by atoms with Crippen LogP contribution in [0.15, 0.2) is 42.5 Å². The average Bonchev–Trinajstić information content (AvgIpc) is 2.56. The van der Waals surface area contributed by atoms with Crippen LogP contribution in [0.2, 0.25) is 5.02 Å². The van der Waals surface area contributed by atoms with Gasteiger partial charge < -0.3 is 10.1 Å². The molecule has 1 atom stereocenters. The first kappa shape index (κ1) is 19.3. The monoisotopic (exact) mass is 359 g/mol. The van der Waals surface area contributed by atoms with Gasteiger partial charge in [0.25, 0.3) is 5.91 Å². The molecular weight excluding hydrogens is 334 g/mol. The SMILES string of the molecule is CCOc1ccc(C(=O)N[C@H](C)c2ccc(C(C)(C)C)cc2)cc1Cl. The summed E-state index contributed by atoms with van der Waals surface area (Å²) in [6.07, 6.45) is 0. The lowest BCUT2D eigenvalue weighted by atomic mass is 9.86. The van der Waals surface area contributed by atoms with Gasteiger partial charge in [-0.05, 0) is 48.6 Å². The minimum atomic E-state index is -0.155. The Hall–Kier alpha value is -2.00. The molecule has 0 bridgehead atoms. The number of ether oxygens (including phenoxy) is 1. The molecule has 3 nitrogen and oxygen atoms in total. The van der Waals surface area contributed by atoms with E-state index < -0.39 is 0 Å². The second-order valence-corrected chi connectivity index (χ2v) is 7.55. The molecule has 25 heavy (non-hydrogen) atoms. The minimum absolute atomic E-state index is 0.0909. The largest absolute Gasteiger partial charge is 0.492 e. The van der Waals surface area contributed by atoms with Gasteiger partial charge in [0.15, 0.2) is 0 Å². The molecule has 0 spiro atoms. The lowest BCUT2D eigenvalue weighted by Gasteiger charge is -2.21. The predicted molar refractivity (Wildman–Crippen MR) is 104 cm³/mol. The molecule has 134 valence electrons. The van der Waals surface area contributed by atoms with Crippen LogP contribution in [0, 0.1) is 0 Å². The number of carbonyl (C=O) groups excluding carboxylic acids is 1. The summed E-state index contributed by atoms with van der Waals surface area (Å²) < 4.78 is 5.40. The number of rotatable bonds is 5. The van der Waals surface area contributed by atoms with Crippen molar-refractivity contribution in [1.29, 1.82) is 0 Å². The van der Waals surface area contributed by atoms with Crippen molar-refractivity contribution in [2.75, 3.05) is 6.61 Å². The van der Waals surface area contributed by atoms with Crippen LogP contribution < -0.4 is 10.1 Å². The van der Waals surface area contributed by atoms with Crippen molar-refractivity contribution in [3.8, 4) is 5.75 Å². The van der Waals surface area contributed by atoms with E-state index >= 15 is 0 Å². The fourth-order valence-corrected chi connectivity index (χ4v) is 2.78. The van der Waals surface area contributed by atoms with Gasteiger partial charge in [-0.2, -0.15) is 0 Å². The van der Waals surface area contributed by atoms with Crippen molar-refractivity contribution in [2.45, 2.75) is 46.1 Å². The number of benzene rings is 2. The van der Waals surface area contributed by atoms with Gasteiger partial charge in [-0.1, -0.05) is 56.6 Å². The first-order valence-electron chi connectivity index (χ1n) is 8.56. The first-order valence-corrected chi connectivity index (χ1v) is 8.94. The molecule has 0 aliphatic heterocycles. The van der Waals surface area contributed by atoms with E-state index in [1.165, 1.54) is 5.56 Å². The molecule has 2 aromatic carbocycles.